The van der Waals surface area contributed by atoms with Gasteiger partial charge in [-0.05, 0) is 6.07 Å². The van der Waals surface area contributed by atoms with E-state index >= 15 is 0 Å². The molecule has 6 heteroatoms. The van der Waals surface area contributed by atoms with E-state index in [9.17, 15) is 19.6 Å². The van der Waals surface area contributed by atoms with Crippen molar-refractivity contribution < 1.29 is 19.6 Å². The summed E-state index contributed by atoms with van der Waals surface area (Å²) in [5, 5.41) is 13.3. The summed E-state index contributed by atoms with van der Waals surface area (Å²) < 4.78 is -1.39. The van der Waals surface area contributed by atoms with Crippen molar-refractivity contribution in [3.63, 3.8) is 0 Å². The number of urea groups is 1. The number of carbonyl (C=O) groups excluding carboxylic acids is 3. The highest BCUT2D eigenvalue weighted by molar-refractivity contribution is 6.27. The standard InChI is InChI=1S/C17H14N2O4/c1-18-17(22)19(23)13-10-6-5-9-12(13)16(21)14(19)15(20)11-7-3-2-4-8-11/h2-10,14,23H,1H3/p+1. The first-order chi connectivity index (χ1) is 11.0. The Kier molecular flexibility index (Phi) is 3.55. The van der Waals surface area contributed by atoms with Crippen LogP contribution in [-0.4, -0.2) is 35.9 Å². The Bertz CT molecular complexity index is 803. The van der Waals surface area contributed by atoms with Crippen LogP contribution < -0.4 is 9.96 Å². The number of carbonyl (C=O) groups is 3. The summed E-state index contributed by atoms with van der Waals surface area (Å²) in [5.41, 5.74) is 0.540. The maximum Gasteiger partial charge on any atom is 0.455 e. The highest BCUT2D eigenvalue weighted by Crippen LogP contribution is 2.38. The fourth-order valence-corrected chi connectivity index (χ4v) is 2.88. The number of ketones is 2. The zero-order chi connectivity index (χ0) is 16.6. The minimum atomic E-state index is -1.55. The zero-order valence-electron chi connectivity index (χ0n) is 12.4. The molecule has 2 atom stereocenters. The average Bonchev–Trinajstić information content (AvgIpc) is 2.83. The molecule has 0 saturated carbocycles. The van der Waals surface area contributed by atoms with Gasteiger partial charge in [0.05, 0.1) is 5.56 Å². The largest absolute Gasteiger partial charge is 0.455 e. The van der Waals surface area contributed by atoms with Crippen LogP contribution in [0.5, 0.6) is 0 Å². The van der Waals surface area contributed by atoms with Crippen LogP contribution in [0.1, 0.15) is 20.7 Å². The van der Waals surface area contributed by atoms with E-state index in [0.29, 0.717) is 0 Å². The number of hydroxylamine groups is 2. The first-order valence-corrected chi connectivity index (χ1v) is 7.08. The first kappa shape index (κ1) is 15.1. The number of para-hydroxylation sites is 1. The molecule has 1 aliphatic heterocycles. The van der Waals surface area contributed by atoms with Crippen molar-refractivity contribution in [2.75, 3.05) is 7.05 Å². The SMILES string of the molecule is CNC(=O)[N+]1(O)c2ccccc2C(=O)C1C(=O)c1ccccc1. The van der Waals surface area contributed by atoms with Gasteiger partial charge < -0.3 is 5.32 Å². The minimum absolute atomic E-state index is 0.103. The normalized spacial score (nSPS) is 22.5. The average molecular weight is 311 g/mol. The number of nitrogens with zero attached hydrogens (tertiary/aromatic N) is 1. The van der Waals surface area contributed by atoms with E-state index in [-0.39, 0.29) is 16.8 Å². The summed E-state index contributed by atoms with van der Waals surface area (Å²) in [6.45, 7) is 0. The van der Waals surface area contributed by atoms with Gasteiger partial charge in [0.15, 0.2) is 5.69 Å². The minimum Gasteiger partial charge on any atom is -0.306 e. The lowest BCUT2D eigenvalue weighted by Crippen LogP contribution is -2.63. The van der Waals surface area contributed by atoms with E-state index in [1.807, 2.05) is 0 Å². The van der Waals surface area contributed by atoms with Crippen LogP contribution in [0.4, 0.5) is 10.5 Å². The van der Waals surface area contributed by atoms with Crippen LogP contribution in [0, 0.1) is 0 Å². The number of amides is 2. The van der Waals surface area contributed by atoms with Crippen molar-refractivity contribution in [2.45, 2.75) is 6.04 Å². The van der Waals surface area contributed by atoms with Gasteiger partial charge in [0.2, 0.25) is 11.6 Å². The molecule has 0 spiro atoms. The van der Waals surface area contributed by atoms with Gasteiger partial charge in [0, 0.05) is 18.7 Å². The Hall–Kier alpha value is -2.83. The van der Waals surface area contributed by atoms with Crippen LogP contribution in [0.25, 0.3) is 0 Å². The Labute approximate surface area is 132 Å². The monoisotopic (exact) mass is 311 g/mol. The van der Waals surface area contributed by atoms with Crippen LogP contribution in [0.3, 0.4) is 0 Å². The molecule has 23 heavy (non-hydrogen) atoms. The number of Topliss-reactive ketones (excluding diaryl/α,β-unsaturated/α-hetero) is 2. The van der Waals surface area contributed by atoms with Gasteiger partial charge in [0.25, 0.3) is 6.04 Å². The van der Waals surface area contributed by atoms with Gasteiger partial charge in [-0.2, -0.15) is 0 Å². The smallest absolute Gasteiger partial charge is 0.306 e. The topological polar surface area (TPSA) is 83.5 Å². The number of fused-ring (bicyclic) bond motifs is 1. The molecule has 0 aliphatic carbocycles. The molecule has 0 bridgehead atoms. The number of rotatable bonds is 2. The lowest BCUT2D eigenvalue weighted by atomic mass is 9.99. The highest BCUT2D eigenvalue weighted by atomic mass is 16.6. The Morgan fingerprint density at radius 1 is 1.04 bits per heavy atom. The molecule has 1 heterocycles. The van der Waals surface area contributed by atoms with Crippen LogP contribution in [-0.2, 0) is 0 Å². The van der Waals surface area contributed by atoms with E-state index in [4.69, 9.17) is 0 Å². The fourth-order valence-electron chi connectivity index (χ4n) is 2.88. The lowest BCUT2D eigenvalue weighted by molar-refractivity contribution is -0.0443. The Morgan fingerprint density at radius 2 is 1.65 bits per heavy atom. The molecule has 3 rings (SSSR count). The van der Waals surface area contributed by atoms with Crippen LogP contribution in [0.2, 0.25) is 0 Å². The van der Waals surface area contributed by atoms with Gasteiger partial charge in [-0.3, -0.25) is 9.59 Å². The summed E-state index contributed by atoms with van der Waals surface area (Å²) in [6, 6.07) is 12.0. The molecular formula is C17H15N2O4+. The number of hydrogen-bond donors (Lipinski definition) is 2. The maximum atomic E-state index is 12.8. The predicted octanol–water partition coefficient (Wildman–Crippen LogP) is 2.17. The Morgan fingerprint density at radius 3 is 2.30 bits per heavy atom. The molecule has 1 aliphatic rings. The Balaban J connectivity index is 2.18. The van der Waals surface area contributed by atoms with Crippen molar-refractivity contribution in [3.8, 4) is 0 Å². The number of hydrogen-bond acceptors (Lipinski definition) is 4. The lowest BCUT2D eigenvalue weighted by Gasteiger charge is -2.26. The maximum absolute atomic E-state index is 12.8. The zero-order valence-corrected chi connectivity index (χ0v) is 12.4. The van der Waals surface area contributed by atoms with Gasteiger partial charge >= 0.3 is 6.03 Å². The van der Waals surface area contributed by atoms with Gasteiger partial charge in [-0.15, -0.1) is 0 Å². The van der Waals surface area contributed by atoms with Crippen molar-refractivity contribution in [2.24, 2.45) is 0 Å². The molecule has 0 fully saturated rings. The second-order valence-corrected chi connectivity index (χ2v) is 5.25. The second kappa shape index (κ2) is 5.42. The van der Waals surface area contributed by atoms with Gasteiger partial charge in [-0.25, -0.2) is 10.0 Å². The summed E-state index contributed by atoms with van der Waals surface area (Å²) in [4.78, 5) is 37.8. The molecule has 2 N–H and O–H groups in total. The molecule has 2 aromatic carbocycles. The van der Waals surface area contributed by atoms with Gasteiger partial charge in [-0.1, -0.05) is 47.1 Å². The molecule has 0 radical (unpaired) electrons. The molecule has 2 unspecified atom stereocenters. The van der Waals surface area contributed by atoms with E-state index in [2.05, 4.69) is 5.32 Å². The van der Waals surface area contributed by atoms with E-state index in [1.165, 1.54) is 19.2 Å². The molecule has 2 aromatic rings. The summed E-state index contributed by atoms with van der Waals surface area (Å²) in [6.07, 6.45) is 0. The molecule has 2 amide bonds. The highest BCUT2D eigenvalue weighted by Gasteiger charge is 2.61. The van der Waals surface area contributed by atoms with Crippen LogP contribution in [0.15, 0.2) is 54.6 Å². The molecule has 6 nitrogen and oxygen atoms in total. The third-order valence-corrected chi connectivity index (χ3v) is 3.99. The third kappa shape index (κ3) is 2.08. The molecule has 0 aromatic heterocycles. The first-order valence-electron chi connectivity index (χ1n) is 7.08. The predicted molar refractivity (Wildman–Crippen MR) is 83.4 cm³/mol. The van der Waals surface area contributed by atoms with E-state index in [0.717, 1.165) is 0 Å². The van der Waals surface area contributed by atoms with Crippen molar-refractivity contribution in [1.82, 2.24) is 9.96 Å². The van der Waals surface area contributed by atoms with Crippen molar-refractivity contribution >= 4 is 23.3 Å². The fraction of sp³-hybridized carbons (Fsp3) is 0.118. The molecule has 0 saturated heterocycles. The quantitative estimate of drug-likeness (QED) is 0.385. The van der Waals surface area contributed by atoms with Crippen molar-refractivity contribution in [1.29, 1.82) is 0 Å². The number of nitrogens with one attached hydrogen (secondary N) is 1. The summed E-state index contributed by atoms with van der Waals surface area (Å²) in [7, 11) is 1.34. The van der Waals surface area contributed by atoms with Gasteiger partial charge in [0.1, 0.15) is 0 Å². The summed E-state index contributed by atoms with van der Waals surface area (Å²) in [5.74, 6) is -1.17. The number of benzene rings is 2. The molecular weight excluding hydrogens is 296 g/mol. The van der Waals surface area contributed by atoms with E-state index in [1.54, 1.807) is 42.5 Å². The second-order valence-electron chi connectivity index (χ2n) is 5.25. The summed E-state index contributed by atoms with van der Waals surface area (Å²) >= 11 is 0. The van der Waals surface area contributed by atoms with E-state index < -0.39 is 28.3 Å². The molecule has 116 valence electrons. The number of quaternary nitrogens is 1. The van der Waals surface area contributed by atoms with Crippen molar-refractivity contribution in [3.05, 3.63) is 65.7 Å². The third-order valence-electron chi connectivity index (χ3n) is 3.99. The van der Waals surface area contributed by atoms with Crippen LogP contribution >= 0.6 is 0 Å².